The minimum atomic E-state index is -1.02. The number of halogens is 3. The maximum Gasteiger partial charge on any atom is 0.335 e. The number of hydrogen-bond acceptors (Lipinski definition) is 6. The van der Waals surface area contributed by atoms with Gasteiger partial charge in [0, 0.05) is 9.86 Å². The third kappa shape index (κ3) is 5.61. The average molecular weight is 708 g/mol. The van der Waals surface area contributed by atoms with Gasteiger partial charge in [0.05, 0.1) is 32.2 Å². The second-order valence-corrected chi connectivity index (χ2v) is 11.4. The summed E-state index contributed by atoms with van der Waals surface area (Å²) in [5, 5.41) is 15.3. The summed E-state index contributed by atoms with van der Waals surface area (Å²) >= 11 is 13.5. The summed E-state index contributed by atoms with van der Waals surface area (Å²) in [7, 11) is 0. The maximum absolute atomic E-state index is 13.6. The van der Waals surface area contributed by atoms with E-state index in [0.717, 1.165) is 9.86 Å². The number of furan rings is 1. The molecule has 0 saturated carbocycles. The van der Waals surface area contributed by atoms with E-state index in [4.69, 9.17) is 25.7 Å². The first-order valence-corrected chi connectivity index (χ1v) is 14.4. The Morgan fingerprint density at radius 1 is 1.05 bits per heavy atom. The molecule has 6 rings (SSSR count). The first kappa shape index (κ1) is 27.9. The summed E-state index contributed by atoms with van der Waals surface area (Å²) in [6.45, 7) is 0.114. The summed E-state index contributed by atoms with van der Waals surface area (Å²) in [6, 6.07) is 24.4. The van der Waals surface area contributed by atoms with E-state index in [0.29, 0.717) is 48.6 Å². The Kier molecular flexibility index (Phi) is 7.68. The molecule has 0 radical (unpaired) electrons. The third-order valence-electron chi connectivity index (χ3n) is 6.35. The molecule has 0 aliphatic rings. The minimum Gasteiger partial charge on any atom is -0.486 e. The second kappa shape index (κ2) is 11.6. The van der Waals surface area contributed by atoms with E-state index in [9.17, 15) is 14.7 Å². The molecule has 0 saturated heterocycles. The van der Waals surface area contributed by atoms with Crippen molar-refractivity contribution in [2.75, 3.05) is 0 Å². The molecule has 0 spiro atoms. The molecule has 0 aliphatic carbocycles. The van der Waals surface area contributed by atoms with Crippen molar-refractivity contribution in [2.45, 2.75) is 6.61 Å². The van der Waals surface area contributed by atoms with Crippen LogP contribution in [0.25, 0.3) is 33.5 Å². The second-order valence-electron chi connectivity index (χ2n) is 9.21. The van der Waals surface area contributed by atoms with Crippen LogP contribution in [-0.2, 0) is 6.61 Å². The number of benzene rings is 4. The summed E-state index contributed by atoms with van der Waals surface area (Å²) < 4.78 is 14.6. The van der Waals surface area contributed by atoms with E-state index in [1.54, 1.807) is 48.5 Å². The lowest BCUT2D eigenvalue weighted by atomic mass is 10.1. The van der Waals surface area contributed by atoms with Gasteiger partial charge in [-0.1, -0.05) is 51.8 Å². The van der Waals surface area contributed by atoms with Gasteiger partial charge in [-0.2, -0.15) is 9.78 Å². The number of hydrogen-bond donors (Lipinski definition) is 1. The van der Waals surface area contributed by atoms with Gasteiger partial charge in [0.15, 0.2) is 11.5 Å². The van der Waals surface area contributed by atoms with Gasteiger partial charge in [-0.25, -0.2) is 9.78 Å². The van der Waals surface area contributed by atoms with Crippen molar-refractivity contribution in [3.63, 3.8) is 0 Å². The van der Waals surface area contributed by atoms with E-state index in [1.807, 2.05) is 30.3 Å². The van der Waals surface area contributed by atoms with Gasteiger partial charge in [-0.05, 0) is 87.7 Å². The molecule has 2 aromatic heterocycles. The molecular weight excluding hydrogens is 690 g/mol. The van der Waals surface area contributed by atoms with E-state index < -0.39 is 5.97 Å². The van der Waals surface area contributed by atoms with E-state index in [-0.39, 0.29) is 23.6 Å². The Morgan fingerprint density at radius 2 is 1.88 bits per heavy atom. The van der Waals surface area contributed by atoms with Crippen LogP contribution in [0.3, 0.4) is 0 Å². The maximum atomic E-state index is 13.6. The van der Waals surface area contributed by atoms with Crippen LogP contribution < -0.4 is 10.3 Å². The molecule has 208 valence electrons. The fourth-order valence-corrected chi connectivity index (χ4v) is 5.75. The van der Waals surface area contributed by atoms with Gasteiger partial charge < -0.3 is 14.3 Å². The van der Waals surface area contributed by atoms with Gasteiger partial charge >= 0.3 is 5.97 Å². The summed E-state index contributed by atoms with van der Waals surface area (Å²) in [5.41, 5.74) is 2.24. The normalized spacial score (nSPS) is 11.5. The van der Waals surface area contributed by atoms with Gasteiger partial charge in [0.25, 0.3) is 5.56 Å². The number of carboxylic acids is 1. The van der Waals surface area contributed by atoms with Crippen LogP contribution in [0.4, 0.5) is 0 Å². The molecule has 1 N–H and O–H groups in total. The minimum absolute atomic E-state index is 0.114. The van der Waals surface area contributed by atoms with Crippen LogP contribution in [0.2, 0.25) is 5.02 Å². The van der Waals surface area contributed by atoms with Crippen LogP contribution in [0.1, 0.15) is 21.5 Å². The number of ether oxygens (including phenoxy) is 1. The van der Waals surface area contributed by atoms with Crippen LogP contribution in [0.15, 0.2) is 108 Å². The van der Waals surface area contributed by atoms with E-state index in [1.165, 1.54) is 17.0 Å². The SMILES string of the molecule is O=C(O)c1cccc(COc2c(Cl)cc(C=Nn3c(-c4cc5cc(Br)ccc5o4)nc4ccccc4c3=O)cc2Br)c1. The zero-order valence-corrected chi connectivity index (χ0v) is 25.4. The smallest absolute Gasteiger partial charge is 0.335 e. The first-order chi connectivity index (χ1) is 20.3. The number of rotatable bonds is 7. The molecule has 2 heterocycles. The fourth-order valence-electron chi connectivity index (χ4n) is 4.38. The molecule has 0 atom stereocenters. The Bertz CT molecular complexity index is 2080. The van der Waals surface area contributed by atoms with Gasteiger partial charge in [0.2, 0.25) is 5.82 Å². The molecule has 0 fully saturated rings. The van der Waals surface area contributed by atoms with Crippen molar-refractivity contribution in [3.8, 4) is 17.3 Å². The highest BCUT2D eigenvalue weighted by molar-refractivity contribution is 9.10. The lowest BCUT2D eigenvalue weighted by molar-refractivity contribution is 0.0696. The zero-order valence-electron chi connectivity index (χ0n) is 21.4. The Labute approximate surface area is 260 Å². The molecule has 0 amide bonds. The van der Waals surface area contributed by atoms with Crippen molar-refractivity contribution >= 4 is 77.5 Å². The number of aromatic carboxylic acids is 1. The molecule has 0 bridgehead atoms. The molecule has 4 aromatic carbocycles. The zero-order chi connectivity index (χ0) is 29.4. The molecule has 42 heavy (non-hydrogen) atoms. The van der Waals surface area contributed by atoms with E-state index >= 15 is 0 Å². The molecule has 8 nitrogen and oxygen atoms in total. The summed E-state index contributed by atoms with van der Waals surface area (Å²) in [4.78, 5) is 29.5. The summed E-state index contributed by atoms with van der Waals surface area (Å²) in [6.07, 6.45) is 1.50. The van der Waals surface area contributed by atoms with E-state index in [2.05, 4.69) is 37.0 Å². The van der Waals surface area contributed by atoms with Crippen molar-refractivity contribution in [3.05, 3.63) is 126 Å². The molecule has 0 aliphatic heterocycles. The standard InChI is InChI=1S/C31H18Br2ClN3O5/c32-21-8-9-26-20(13-21)14-27(42-26)29-36-25-7-2-1-6-22(25)30(38)37(29)35-15-18-11-23(33)28(24(34)12-18)41-16-17-4-3-5-19(10-17)31(39)40/h1-15H,16H2,(H,39,40). The number of aromatic nitrogens is 2. The van der Waals surface area contributed by atoms with Crippen LogP contribution in [-0.4, -0.2) is 27.0 Å². The van der Waals surface area contributed by atoms with Crippen LogP contribution >= 0.6 is 43.5 Å². The Hall–Kier alpha value is -4.25. The molecule has 11 heteroatoms. The number of carboxylic acid groups (broad SMARTS) is 1. The number of para-hydroxylation sites is 1. The molecule has 6 aromatic rings. The predicted octanol–water partition coefficient (Wildman–Crippen LogP) is 8.15. The van der Waals surface area contributed by atoms with Gasteiger partial charge in [-0.15, -0.1) is 0 Å². The lowest BCUT2D eigenvalue weighted by Crippen LogP contribution is -2.20. The highest BCUT2D eigenvalue weighted by Crippen LogP contribution is 2.35. The quantitative estimate of drug-likeness (QED) is 0.168. The molecule has 0 unspecified atom stereocenters. The highest BCUT2D eigenvalue weighted by Gasteiger charge is 2.17. The lowest BCUT2D eigenvalue weighted by Gasteiger charge is -2.12. The fraction of sp³-hybridized carbons (Fsp3) is 0.0323. The van der Waals surface area contributed by atoms with Crippen molar-refractivity contribution < 1.29 is 19.1 Å². The average Bonchev–Trinajstić information content (AvgIpc) is 3.39. The Balaban J connectivity index is 1.35. The number of fused-ring (bicyclic) bond motifs is 2. The van der Waals surface area contributed by atoms with Crippen molar-refractivity contribution in [1.82, 2.24) is 9.66 Å². The largest absolute Gasteiger partial charge is 0.486 e. The van der Waals surface area contributed by atoms with Gasteiger partial charge in [0.1, 0.15) is 12.2 Å². The highest BCUT2D eigenvalue weighted by atomic mass is 79.9. The van der Waals surface area contributed by atoms with Crippen LogP contribution in [0.5, 0.6) is 5.75 Å². The molecular formula is C31H18Br2ClN3O5. The summed E-state index contributed by atoms with van der Waals surface area (Å²) in [5.74, 6) is -0.000745. The third-order valence-corrected chi connectivity index (χ3v) is 7.72. The Morgan fingerprint density at radius 3 is 2.69 bits per heavy atom. The topological polar surface area (TPSA) is 107 Å². The number of carbonyl (C=O) groups is 1. The first-order valence-electron chi connectivity index (χ1n) is 12.5. The monoisotopic (exact) mass is 705 g/mol. The van der Waals surface area contributed by atoms with Gasteiger partial charge in [-0.3, -0.25) is 4.79 Å². The number of nitrogens with zero attached hydrogens (tertiary/aromatic N) is 3. The predicted molar refractivity (Wildman–Crippen MR) is 169 cm³/mol. The van der Waals surface area contributed by atoms with Crippen LogP contribution in [0, 0.1) is 0 Å². The van der Waals surface area contributed by atoms with Crippen molar-refractivity contribution in [2.24, 2.45) is 5.10 Å². The van der Waals surface area contributed by atoms with Crippen molar-refractivity contribution in [1.29, 1.82) is 0 Å².